The van der Waals surface area contributed by atoms with Gasteiger partial charge in [-0.05, 0) is 31.7 Å². The molecule has 1 aliphatic carbocycles. The van der Waals surface area contributed by atoms with Crippen molar-refractivity contribution in [2.75, 3.05) is 32.7 Å². The highest BCUT2D eigenvalue weighted by Crippen LogP contribution is 2.48. The average molecular weight is 302 g/mol. The Balaban J connectivity index is 1.49. The fourth-order valence-corrected chi connectivity index (χ4v) is 3.44. The molecule has 0 unspecified atom stereocenters. The van der Waals surface area contributed by atoms with Crippen LogP contribution in [0.4, 0.5) is 0 Å². The van der Waals surface area contributed by atoms with Gasteiger partial charge < -0.3 is 10.0 Å². The molecule has 4 heteroatoms. The van der Waals surface area contributed by atoms with Crippen LogP contribution in [-0.4, -0.2) is 59.1 Å². The van der Waals surface area contributed by atoms with Gasteiger partial charge in [-0.3, -0.25) is 9.69 Å². The molecule has 0 aromatic heterocycles. The Morgan fingerprint density at radius 3 is 2.41 bits per heavy atom. The van der Waals surface area contributed by atoms with Crippen molar-refractivity contribution in [3.63, 3.8) is 0 Å². The molecule has 2 fully saturated rings. The fourth-order valence-electron chi connectivity index (χ4n) is 3.44. The standard InChI is InChI=1S/C18H26N2O2/c1-18(2,22)13-19-8-10-20(11-9-19)17(21)16-12-15(16)14-6-4-3-5-7-14/h3-7,15-16,22H,8-13H2,1-2H3/t15-,16+/m1/s1. The summed E-state index contributed by atoms with van der Waals surface area (Å²) >= 11 is 0. The largest absolute Gasteiger partial charge is 0.389 e. The van der Waals surface area contributed by atoms with Crippen LogP contribution in [0, 0.1) is 5.92 Å². The Bertz CT molecular complexity index is 516. The average Bonchev–Trinajstić information content (AvgIpc) is 3.27. The highest BCUT2D eigenvalue weighted by molar-refractivity contribution is 5.83. The van der Waals surface area contributed by atoms with Gasteiger partial charge in [0.2, 0.25) is 5.91 Å². The minimum atomic E-state index is -0.666. The number of hydrogen-bond donors (Lipinski definition) is 1. The summed E-state index contributed by atoms with van der Waals surface area (Å²) in [5.41, 5.74) is 0.627. The van der Waals surface area contributed by atoms with Crippen molar-refractivity contribution >= 4 is 5.91 Å². The lowest BCUT2D eigenvalue weighted by molar-refractivity contribution is -0.134. The predicted molar refractivity (Wildman–Crippen MR) is 86.6 cm³/mol. The number of rotatable bonds is 4. The SMILES string of the molecule is CC(C)(O)CN1CCN(C(=O)[C@H]2C[C@@H]2c2ccccc2)CC1. The molecule has 1 heterocycles. The molecule has 1 saturated carbocycles. The van der Waals surface area contributed by atoms with Crippen LogP contribution in [0.2, 0.25) is 0 Å². The fraction of sp³-hybridized carbons (Fsp3) is 0.611. The number of benzene rings is 1. The van der Waals surface area contributed by atoms with Gasteiger partial charge in [-0.2, -0.15) is 0 Å². The highest BCUT2D eigenvalue weighted by Gasteiger charge is 2.46. The molecule has 0 radical (unpaired) electrons. The van der Waals surface area contributed by atoms with Crippen LogP contribution >= 0.6 is 0 Å². The molecule has 4 nitrogen and oxygen atoms in total. The highest BCUT2D eigenvalue weighted by atomic mass is 16.3. The van der Waals surface area contributed by atoms with Gasteiger partial charge in [0.25, 0.3) is 0 Å². The molecule has 0 bridgehead atoms. The number of carbonyl (C=O) groups is 1. The Morgan fingerprint density at radius 2 is 1.82 bits per heavy atom. The van der Waals surface area contributed by atoms with Gasteiger partial charge in [-0.25, -0.2) is 0 Å². The third-order valence-electron chi connectivity index (χ3n) is 4.63. The minimum Gasteiger partial charge on any atom is -0.389 e. The van der Waals surface area contributed by atoms with E-state index in [4.69, 9.17) is 0 Å². The first-order valence-electron chi connectivity index (χ1n) is 8.22. The van der Waals surface area contributed by atoms with Gasteiger partial charge in [-0.15, -0.1) is 0 Å². The summed E-state index contributed by atoms with van der Waals surface area (Å²) in [6, 6.07) is 10.4. The number of nitrogens with zero attached hydrogens (tertiary/aromatic N) is 2. The topological polar surface area (TPSA) is 43.8 Å². The summed E-state index contributed by atoms with van der Waals surface area (Å²) in [6.07, 6.45) is 0.993. The van der Waals surface area contributed by atoms with Gasteiger partial charge in [0.15, 0.2) is 0 Å². The van der Waals surface area contributed by atoms with Crippen molar-refractivity contribution in [1.29, 1.82) is 0 Å². The number of hydrogen-bond acceptors (Lipinski definition) is 3. The summed E-state index contributed by atoms with van der Waals surface area (Å²) in [4.78, 5) is 16.8. The maximum atomic E-state index is 12.6. The second-order valence-corrected chi connectivity index (χ2v) is 7.27. The molecule has 1 N–H and O–H groups in total. The normalized spacial score (nSPS) is 26.0. The zero-order valence-electron chi connectivity index (χ0n) is 13.5. The molecular formula is C18H26N2O2. The maximum Gasteiger partial charge on any atom is 0.226 e. The van der Waals surface area contributed by atoms with E-state index >= 15 is 0 Å². The zero-order valence-corrected chi connectivity index (χ0v) is 13.5. The van der Waals surface area contributed by atoms with Gasteiger partial charge in [0.1, 0.15) is 0 Å². The molecule has 3 rings (SSSR count). The van der Waals surface area contributed by atoms with Crippen molar-refractivity contribution in [3.8, 4) is 0 Å². The second kappa shape index (κ2) is 6.01. The third kappa shape index (κ3) is 3.68. The second-order valence-electron chi connectivity index (χ2n) is 7.27. The Kier molecular flexibility index (Phi) is 4.24. The van der Waals surface area contributed by atoms with E-state index in [0.29, 0.717) is 18.4 Å². The van der Waals surface area contributed by atoms with E-state index in [2.05, 4.69) is 17.0 Å². The van der Waals surface area contributed by atoms with Crippen LogP contribution in [0.3, 0.4) is 0 Å². The van der Waals surface area contributed by atoms with Crippen molar-refractivity contribution in [1.82, 2.24) is 9.80 Å². The summed E-state index contributed by atoms with van der Waals surface area (Å²) in [6.45, 7) is 7.63. The van der Waals surface area contributed by atoms with E-state index in [1.165, 1.54) is 5.56 Å². The predicted octanol–water partition coefficient (Wildman–Crippen LogP) is 1.71. The smallest absolute Gasteiger partial charge is 0.226 e. The zero-order chi connectivity index (χ0) is 15.7. The lowest BCUT2D eigenvalue weighted by Gasteiger charge is -2.37. The summed E-state index contributed by atoms with van der Waals surface area (Å²) < 4.78 is 0. The first-order valence-corrected chi connectivity index (χ1v) is 8.22. The molecule has 2 aliphatic rings. The molecule has 1 aromatic rings. The van der Waals surface area contributed by atoms with E-state index < -0.39 is 5.60 Å². The monoisotopic (exact) mass is 302 g/mol. The van der Waals surface area contributed by atoms with Crippen molar-refractivity contribution in [2.45, 2.75) is 31.8 Å². The summed E-state index contributed by atoms with van der Waals surface area (Å²) in [5.74, 6) is 0.920. The van der Waals surface area contributed by atoms with Crippen LogP contribution in [0.25, 0.3) is 0 Å². The number of amides is 1. The maximum absolute atomic E-state index is 12.6. The van der Waals surface area contributed by atoms with Gasteiger partial charge in [0.05, 0.1) is 5.60 Å². The Labute approximate surface area is 132 Å². The van der Waals surface area contributed by atoms with Crippen LogP contribution in [0.1, 0.15) is 31.7 Å². The Hall–Kier alpha value is -1.39. The van der Waals surface area contributed by atoms with Gasteiger partial charge >= 0.3 is 0 Å². The van der Waals surface area contributed by atoms with E-state index in [1.54, 1.807) is 0 Å². The van der Waals surface area contributed by atoms with Gasteiger partial charge in [0, 0.05) is 38.6 Å². The van der Waals surface area contributed by atoms with E-state index in [-0.39, 0.29) is 5.92 Å². The number of β-amino-alcohol motifs (C(OH)–C–C–N with tert-alkyl or cyclic N) is 1. The molecule has 22 heavy (non-hydrogen) atoms. The number of aliphatic hydroxyl groups is 1. The van der Waals surface area contributed by atoms with Crippen LogP contribution in [0.15, 0.2) is 30.3 Å². The molecule has 2 atom stereocenters. The lowest BCUT2D eigenvalue weighted by atomic mass is 10.1. The third-order valence-corrected chi connectivity index (χ3v) is 4.63. The van der Waals surface area contributed by atoms with Crippen LogP contribution in [0.5, 0.6) is 0 Å². The number of piperazine rings is 1. The van der Waals surface area contributed by atoms with Crippen LogP contribution < -0.4 is 0 Å². The molecule has 1 aliphatic heterocycles. The molecule has 0 spiro atoms. The van der Waals surface area contributed by atoms with E-state index in [9.17, 15) is 9.90 Å². The lowest BCUT2D eigenvalue weighted by Crippen LogP contribution is -2.52. The first kappa shape index (κ1) is 15.5. The molecule has 120 valence electrons. The molecule has 1 aromatic carbocycles. The van der Waals surface area contributed by atoms with Crippen molar-refractivity contribution in [3.05, 3.63) is 35.9 Å². The van der Waals surface area contributed by atoms with Crippen molar-refractivity contribution < 1.29 is 9.90 Å². The molecule has 1 saturated heterocycles. The van der Waals surface area contributed by atoms with E-state index in [1.807, 2.05) is 36.9 Å². The van der Waals surface area contributed by atoms with Crippen molar-refractivity contribution in [2.24, 2.45) is 5.92 Å². The summed E-state index contributed by atoms with van der Waals surface area (Å²) in [5, 5.41) is 9.88. The summed E-state index contributed by atoms with van der Waals surface area (Å²) in [7, 11) is 0. The first-order chi connectivity index (χ1) is 10.4. The van der Waals surface area contributed by atoms with Gasteiger partial charge in [-0.1, -0.05) is 30.3 Å². The minimum absolute atomic E-state index is 0.184. The Morgan fingerprint density at radius 1 is 1.18 bits per heavy atom. The number of carbonyl (C=O) groups excluding carboxylic acids is 1. The van der Waals surface area contributed by atoms with E-state index in [0.717, 1.165) is 32.6 Å². The quantitative estimate of drug-likeness (QED) is 0.921. The molecular weight excluding hydrogens is 276 g/mol. The van der Waals surface area contributed by atoms with Crippen LogP contribution in [-0.2, 0) is 4.79 Å². The molecule has 1 amide bonds.